The van der Waals surface area contributed by atoms with Crippen molar-refractivity contribution in [2.45, 2.75) is 45.6 Å². The van der Waals surface area contributed by atoms with Gasteiger partial charge in [-0.15, -0.1) is 0 Å². The SMILES string of the molecule is CC(C(=O)O)C1CN(C(=O)N2CCCCCC2C)C1. The topological polar surface area (TPSA) is 60.9 Å². The summed E-state index contributed by atoms with van der Waals surface area (Å²) in [4.78, 5) is 27.0. The summed E-state index contributed by atoms with van der Waals surface area (Å²) >= 11 is 0. The second-order valence-corrected chi connectivity index (χ2v) is 5.97. The fourth-order valence-corrected chi connectivity index (χ4v) is 2.93. The molecule has 5 heteroatoms. The molecule has 0 aromatic carbocycles. The first kappa shape index (κ1) is 14.2. The Kier molecular flexibility index (Phi) is 4.32. The Morgan fingerprint density at radius 3 is 2.53 bits per heavy atom. The van der Waals surface area contributed by atoms with Gasteiger partial charge in [-0.05, 0) is 19.8 Å². The zero-order valence-corrected chi connectivity index (χ0v) is 11.8. The van der Waals surface area contributed by atoms with Crippen LogP contribution in [0.3, 0.4) is 0 Å². The first-order chi connectivity index (χ1) is 9.00. The average molecular weight is 268 g/mol. The third-order valence-electron chi connectivity index (χ3n) is 4.58. The minimum absolute atomic E-state index is 0.100. The van der Waals surface area contributed by atoms with Gasteiger partial charge in [0.2, 0.25) is 0 Å². The van der Waals surface area contributed by atoms with Gasteiger partial charge in [0.25, 0.3) is 0 Å². The number of carbonyl (C=O) groups is 2. The van der Waals surface area contributed by atoms with E-state index in [0.29, 0.717) is 19.1 Å². The van der Waals surface area contributed by atoms with E-state index in [2.05, 4.69) is 6.92 Å². The summed E-state index contributed by atoms with van der Waals surface area (Å²) in [7, 11) is 0. The van der Waals surface area contributed by atoms with E-state index in [4.69, 9.17) is 5.11 Å². The number of nitrogens with zero attached hydrogens (tertiary/aromatic N) is 2. The number of carboxylic acids is 1. The maximum atomic E-state index is 12.4. The number of rotatable bonds is 2. The van der Waals surface area contributed by atoms with Crippen LogP contribution in [0.2, 0.25) is 0 Å². The van der Waals surface area contributed by atoms with Crippen molar-refractivity contribution < 1.29 is 14.7 Å². The zero-order chi connectivity index (χ0) is 14.0. The lowest BCUT2D eigenvalue weighted by Crippen LogP contribution is -2.58. The van der Waals surface area contributed by atoms with Crippen molar-refractivity contribution in [2.75, 3.05) is 19.6 Å². The van der Waals surface area contributed by atoms with Gasteiger partial charge in [-0.2, -0.15) is 0 Å². The van der Waals surface area contributed by atoms with Gasteiger partial charge in [0.15, 0.2) is 0 Å². The Hall–Kier alpha value is -1.26. The van der Waals surface area contributed by atoms with Crippen molar-refractivity contribution in [3.05, 3.63) is 0 Å². The first-order valence-corrected chi connectivity index (χ1v) is 7.29. The molecule has 2 rings (SSSR count). The van der Waals surface area contributed by atoms with E-state index in [9.17, 15) is 9.59 Å². The molecule has 0 aromatic rings. The summed E-state index contributed by atoms with van der Waals surface area (Å²) in [6.45, 7) is 5.87. The summed E-state index contributed by atoms with van der Waals surface area (Å²) in [6.07, 6.45) is 4.56. The van der Waals surface area contributed by atoms with Gasteiger partial charge in [0, 0.05) is 31.6 Å². The fraction of sp³-hybridized carbons (Fsp3) is 0.857. The van der Waals surface area contributed by atoms with Crippen LogP contribution in [-0.2, 0) is 4.79 Å². The lowest BCUT2D eigenvalue weighted by atomic mass is 9.87. The van der Waals surface area contributed by atoms with E-state index in [1.807, 2.05) is 4.90 Å². The Bertz CT molecular complexity index is 353. The van der Waals surface area contributed by atoms with Crippen molar-refractivity contribution in [1.82, 2.24) is 9.80 Å². The van der Waals surface area contributed by atoms with Crippen LogP contribution in [0.5, 0.6) is 0 Å². The first-order valence-electron chi connectivity index (χ1n) is 7.29. The van der Waals surface area contributed by atoms with Crippen LogP contribution in [0, 0.1) is 11.8 Å². The molecule has 0 radical (unpaired) electrons. The Morgan fingerprint density at radius 1 is 1.21 bits per heavy atom. The maximum Gasteiger partial charge on any atom is 0.320 e. The molecule has 2 fully saturated rings. The monoisotopic (exact) mass is 268 g/mol. The molecule has 0 aliphatic carbocycles. The summed E-state index contributed by atoms with van der Waals surface area (Å²) in [5, 5.41) is 8.96. The highest BCUT2D eigenvalue weighted by Crippen LogP contribution is 2.27. The van der Waals surface area contributed by atoms with Crippen LogP contribution < -0.4 is 0 Å². The number of hydrogen-bond donors (Lipinski definition) is 1. The Balaban J connectivity index is 1.86. The summed E-state index contributed by atoms with van der Waals surface area (Å²) in [5.74, 6) is -1.01. The summed E-state index contributed by atoms with van der Waals surface area (Å²) in [6, 6.07) is 0.411. The lowest BCUT2D eigenvalue weighted by Gasteiger charge is -2.44. The van der Waals surface area contributed by atoms with Gasteiger partial charge in [0.1, 0.15) is 0 Å². The highest BCUT2D eigenvalue weighted by molar-refractivity contribution is 5.76. The molecule has 2 amide bonds. The molecule has 2 unspecified atom stereocenters. The zero-order valence-electron chi connectivity index (χ0n) is 11.8. The molecular weight excluding hydrogens is 244 g/mol. The van der Waals surface area contributed by atoms with Crippen molar-refractivity contribution in [2.24, 2.45) is 11.8 Å². The second-order valence-electron chi connectivity index (χ2n) is 5.97. The van der Waals surface area contributed by atoms with Gasteiger partial charge in [-0.3, -0.25) is 4.79 Å². The van der Waals surface area contributed by atoms with Crippen molar-refractivity contribution in [3.8, 4) is 0 Å². The number of hydrogen-bond acceptors (Lipinski definition) is 2. The van der Waals surface area contributed by atoms with E-state index in [1.165, 1.54) is 12.8 Å². The molecule has 1 N–H and O–H groups in total. The molecule has 0 spiro atoms. The Labute approximate surface area is 114 Å². The number of urea groups is 1. The van der Waals surface area contributed by atoms with Crippen LogP contribution in [0.4, 0.5) is 4.79 Å². The normalized spacial score (nSPS) is 26.5. The molecule has 5 nitrogen and oxygen atoms in total. The molecule has 2 aliphatic rings. The summed E-state index contributed by atoms with van der Waals surface area (Å²) < 4.78 is 0. The number of carbonyl (C=O) groups excluding carboxylic acids is 1. The molecule has 0 aromatic heterocycles. The van der Waals surface area contributed by atoms with Gasteiger partial charge in [0.05, 0.1) is 5.92 Å². The van der Waals surface area contributed by atoms with Crippen LogP contribution in [0.1, 0.15) is 39.5 Å². The highest BCUT2D eigenvalue weighted by atomic mass is 16.4. The highest BCUT2D eigenvalue weighted by Gasteiger charge is 2.39. The van der Waals surface area contributed by atoms with Gasteiger partial charge in [-0.25, -0.2) is 4.79 Å². The van der Waals surface area contributed by atoms with Crippen molar-refractivity contribution >= 4 is 12.0 Å². The van der Waals surface area contributed by atoms with Gasteiger partial charge >= 0.3 is 12.0 Å². The van der Waals surface area contributed by atoms with Crippen molar-refractivity contribution in [1.29, 1.82) is 0 Å². The van der Waals surface area contributed by atoms with Crippen LogP contribution in [0.25, 0.3) is 0 Å². The molecule has 19 heavy (non-hydrogen) atoms. The van der Waals surface area contributed by atoms with Crippen LogP contribution in [0.15, 0.2) is 0 Å². The van der Waals surface area contributed by atoms with Crippen molar-refractivity contribution in [3.63, 3.8) is 0 Å². The number of aliphatic carboxylic acids is 1. The maximum absolute atomic E-state index is 12.4. The third kappa shape index (κ3) is 3.01. The fourth-order valence-electron chi connectivity index (χ4n) is 2.93. The predicted molar refractivity (Wildman–Crippen MR) is 71.9 cm³/mol. The Morgan fingerprint density at radius 2 is 1.89 bits per heavy atom. The molecule has 108 valence electrons. The number of amides is 2. The molecular formula is C14H24N2O3. The lowest BCUT2D eigenvalue weighted by molar-refractivity contribution is -0.145. The minimum atomic E-state index is -0.764. The van der Waals surface area contributed by atoms with E-state index >= 15 is 0 Å². The van der Waals surface area contributed by atoms with Crippen LogP contribution in [-0.4, -0.2) is 52.6 Å². The second kappa shape index (κ2) is 5.80. The van der Waals surface area contributed by atoms with E-state index in [0.717, 1.165) is 19.4 Å². The predicted octanol–water partition coefficient (Wildman–Crippen LogP) is 2.02. The smallest absolute Gasteiger partial charge is 0.320 e. The standard InChI is InChI=1S/C14H24N2O3/c1-10-6-4-3-5-7-16(10)14(19)15-8-12(9-15)11(2)13(17)18/h10-12H,3-9H2,1-2H3,(H,17,18). The van der Waals surface area contributed by atoms with Gasteiger partial charge < -0.3 is 14.9 Å². The quantitative estimate of drug-likeness (QED) is 0.833. The van der Waals surface area contributed by atoms with E-state index in [-0.39, 0.29) is 17.9 Å². The minimum Gasteiger partial charge on any atom is -0.481 e. The molecule has 0 bridgehead atoms. The largest absolute Gasteiger partial charge is 0.481 e. The number of carboxylic acid groups (broad SMARTS) is 1. The number of likely N-dealkylation sites (tertiary alicyclic amines) is 2. The van der Waals surface area contributed by atoms with E-state index < -0.39 is 5.97 Å². The third-order valence-corrected chi connectivity index (χ3v) is 4.58. The molecule has 2 heterocycles. The van der Waals surface area contributed by atoms with E-state index in [1.54, 1.807) is 11.8 Å². The summed E-state index contributed by atoms with van der Waals surface area (Å²) in [5.41, 5.74) is 0. The molecule has 0 saturated carbocycles. The molecule has 2 aliphatic heterocycles. The molecule has 2 saturated heterocycles. The van der Waals surface area contributed by atoms with Crippen LogP contribution >= 0.6 is 0 Å². The average Bonchev–Trinajstić information content (AvgIpc) is 2.51. The van der Waals surface area contributed by atoms with Gasteiger partial charge in [-0.1, -0.05) is 19.8 Å². The molecule has 2 atom stereocenters.